The van der Waals surface area contributed by atoms with E-state index in [4.69, 9.17) is 0 Å². The molecule has 6 heteroatoms. The fourth-order valence-corrected chi connectivity index (χ4v) is 5.23. The van der Waals surface area contributed by atoms with Gasteiger partial charge in [-0.15, -0.1) is 0 Å². The molecule has 4 aromatic carbocycles. The summed E-state index contributed by atoms with van der Waals surface area (Å²) in [6.45, 7) is 8.35. The SMILES string of the molecule is Cc1ccc([C@H](C)NC(=O)c2ccc3c(c2)c(C)c(C)n3Cc2ccc(-c3ccccc3C(=O)O)cc2)c(F)c1. The van der Waals surface area contributed by atoms with Crippen LogP contribution in [0.2, 0.25) is 0 Å². The number of carbonyl (C=O) groups is 2. The Morgan fingerprint density at radius 1 is 0.925 bits per heavy atom. The first-order valence-electron chi connectivity index (χ1n) is 13.2. The number of hydrogen-bond donors (Lipinski definition) is 2. The van der Waals surface area contributed by atoms with Gasteiger partial charge in [-0.2, -0.15) is 0 Å². The predicted octanol–water partition coefficient (Wildman–Crippen LogP) is 7.61. The van der Waals surface area contributed by atoms with Crippen molar-refractivity contribution >= 4 is 22.8 Å². The van der Waals surface area contributed by atoms with E-state index in [-0.39, 0.29) is 17.3 Å². The van der Waals surface area contributed by atoms with E-state index in [1.807, 2.05) is 68.4 Å². The summed E-state index contributed by atoms with van der Waals surface area (Å²) in [6.07, 6.45) is 0. The van der Waals surface area contributed by atoms with Gasteiger partial charge in [0.25, 0.3) is 5.91 Å². The Hall–Kier alpha value is -4.71. The molecule has 0 radical (unpaired) electrons. The number of amides is 1. The van der Waals surface area contributed by atoms with Crippen molar-refractivity contribution in [2.45, 2.75) is 40.3 Å². The van der Waals surface area contributed by atoms with E-state index >= 15 is 0 Å². The van der Waals surface area contributed by atoms with E-state index in [2.05, 4.69) is 16.8 Å². The summed E-state index contributed by atoms with van der Waals surface area (Å²) < 4.78 is 16.6. The van der Waals surface area contributed by atoms with Crippen LogP contribution < -0.4 is 5.32 Å². The highest BCUT2D eigenvalue weighted by molar-refractivity contribution is 5.99. The number of halogens is 1. The van der Waals surface area contributed by atoms with Gasteiger partial charge in [0.2, 0.25) is 0 Å². The summed E-state index contributed by atoms with van der Waals surface area (Å²) in [5, 5.41) is 13.5. The van der Waals surface area contributed by atoms with E-state index in [0.717, 1.165) is 38.9 Å². The lowest BCUT2D eigenvalue weighted by Crippen LogP contribution is -2.27. The molecule has 0 aliphatic rings. The maximum atomic E-state index is 14.4. The van der Waals surface area contributed by atoms with E-state index in [9.17, 15) is 19.1 Å². The molecule has 1 aromatic heterocycles. The number of carboxylic acid groups (broad SMARTS) is 1. The molecule has 1 atom stereocenters. The summed E-state index contributed by atoms with van der Waals surface area (Å²) in [4.78, 5) is 24.7. The van der Waals surface area contributed by atoms with E-state index in [0.29, 0.717) is 23.2 Å². The van der Waals surface area contributed by atoms with Crippen molar-refractivity contribution < 1.29 is 19.1 Å². The molecule has 0 spiro atoms. The minimum atomic E-state index is -0.950. The van der Waals surface area contributed by atoms with Gasteiger partial charge in [0, 0.05) is 34.3 Å². The fourth-order valence-electron chi connectivity index (χ4n) is 5.23. The average Bonchev–Trinajstić information content (AvgIpc) is 3.17. The number of benzene rings is 4. The molecule has 0 saturated carbocycles. The Bertz CT molecular complexity index is 1750. The number of nitrogens with one attached hydrogen (secondary N) is 1. The second-order valence-corrected chi connectivity index (χ2v) is 10.3. The standard InChI is InChI=1S/C34H31FN2O3/c1-20-9-15-27(31(35)17-20)22(3)36-33(38)26-14-16-32-30(18-26)21(2)23(4)37(32)19-24-10-12-25(13-11-24)28-7-5-6-8-29(28)34(39)40/h5-18,22H,19H2,1-4H3,(H,36,38)(H,39,40)/t22-/m0/s1. The lowest BCUT2D eigenvalue weighted by molar-refractivity contribution is 0.0697. The number of carbonyl (C=O) groups excluding carboxylic acids is 1. The number of hydrogen-bond acceptors (Lipinski definition) is 2. The number of nitrogens with zero attached hydrogens (tertiary/aromatic N) is 1. The predicted molar refractivity (Wildman–Crippen MR) is 156 cm³/mol. The second-order valence-electron chi connectivity index (χ2n) is 10.3. The number of aryl methyl sites for hydroxylation is 2. The van der Waals surface area contributed by atoms with Gasteiger partial charge in [-0.25, -0.2) is 9.18 Å². The molecular weight excluding hydrogens is 503 g/mol. The average molecular weight is 535 g/mol. The van der Waals surface area contributed by atoms with Crippen LogP contribution in [-0.4, -0.2) is 21.6 Å². The highest BCUT2D eigenvalue weighted by Gasteiger charge is 2.18. The maximum Gasteiger partial charge on any atom is 0.336 e. The van der Waals surface area contributed by atoms with Crippen molar-refractivity contribution in [1.29, 1.82) is 0 Å². The lowest BCUT2D eigenvalue weighted by atomic mass is 9.99. The van der Waals surface area contributed by atoms with Crippen LogP contribution in [0.4, 0.5) is 4.39 Å². The normalized spacial score (nSPS) is 11.9. The molecule has 0 bridgehead atoms. The molecule has 0 aliphatic carbocycles. The minimum absolute atomic E-state index is 0.253. The summed E-state index contributed by atoms with van der Waals surface area (Å²) in [6, 6.07) is 25.1. The van der Waals surface area contributed by atoms with Crippen LogP contribution >= 0.6 is 0 Å². The molecule has 202 valence electrons. The molecular formula is C34H31FN2O3. The zero-order chi connectivity index (χ0) is 28.6. The van der Waals surface area contributed by atoms with Gasteiger partial charge in [0.15, 0.2) is 0 Å². The third kappa shape index (κ3) is 5.13. The molecule has 1 heterocycles. The van der Waals surface area contributed by atoms with Crippen LogP contribution in [0.3, 0.4) is 0 Å². The Morgan fingerprint density at radius 2 is 1.65 bits per heavy atom. The van der Waals surface area contributed by atoms with Gasteiger partial charge in [0.05, 0.1) is 11.6 Å². The van der Waals surface area contributed by atoms with Gasteiger partial charge in [-0.3, -0.25) is 4.79 Å². The fraction of sp³-hybridized carbons (Fsp3) is 0.176. The van der Waals surface area contributed by atoms with Gasteiger partial charge < -0.3 is 15.0 Å². The Morgan fingerprint density at radius 3 is 2.35 bits per heavy atom. The molecule has 0 aliphatic heterocycles. The minimum Gasteiger partial charge on any atom is -0.478 e. The van der Waals surface area contributed by atoms with Crippen molar-refractivity contribution in [1.82, 2.24) is 9.88 Å². The van der Waals surface area contributed by atoms with Crippen LogP contribution in [0.25, 0.3) is 22.0 Å². The van der Waals surface area contributed by atoms with E-state index < -0.39 is 12.0 Å². The monoisotopic (exact) mass is 534 g/mol. The highest BCUT2D eigenvalue weighted by Crippen LogP contribution is 2.29. The van der Waals surface area contributed by atoms with Crippen molar-refractivity contribution in [3.05, 3.63) is 130 Å². The topological polar surface area (TPSA) is 71.3 Å². The zero-order valence-electron chi connectivity index (χ0n) is 23.0. The number of aromatic carboxylic acids is 1. The van der Waals surface area contributed by atoms with E-state index in [1.165, 1.54) is 6.07 Å². The number of aromatic nitrogens is 1. The quantitative estimate of drug-likeness (QED) is 0.226. The van der Waals surface area contributed by atoms with Crippen LogP contribution in [0.15, 0.2) is 84.9 Å². The summed E-state index contributed by atoms with van der Waals surface area (Å²) in [7, 11) is 0. The molecule has 2 N–H and O–H groups in total. The van der Waals surface area contributed by atoms with Crippen molar-refractivity contribution in [2.75, 3.05) is 0 Å². The first-order chi connectivity index (χ1) is 19.1. The van der Waals surface area contributed by atoms with E-state index in [1.54, 1.807) is 31.2 Å². The number of rotatable bonds is 7. The summed E-state index contributed by atoms with van der Waals surface area (Å²) in [5.74, 6) is -1.53. The first-order valence-corrected chi connectivity index (χ1v) is 13.2. The molecule has 40 heavy (non-hydrogen) atoms. The molecule has 0 unspecified atom stereocenters. The Balaban J connectivity index is 1.38. The van der Waals surface area contributed by atoms with Crippen LogP contribution in [0.1, 0.15) is 61.6 Å². The van der Waals surface area contributed by atoms with Gasteiger partial charge in [0.1, 0.15) is 5.82 Å². The van der Waals surface area contributed by atoms with Gasteiger partial charge in [-0.05, 0) is 85.8 Å². The molecule has 5 aromatic rings. The Kier molecular flexibility index (Phi) is 7.26. The molecule has 5 rings (SSSR count). The number of carboxylic acids is 1. The number of fused-ring (bicyclic) bond motifs is 1. The molecule has 0 saturated heterocycles. The maximum absolute atomic E-state index is 14.4. The molecule has 0 fully saturated rings. The Labute approximate surface area is 232 Å². The third-order valence-corrected chi connectivity index (χ3v) is 7.63. The smallest absolute Gasteiger partial charge is 0.336 e. The van der Waals surface area contributed by atoms with Crippen molar-refractivity contribution in [2.24, 2.45) is 0 Å². The first kappa shape index (κ1) is 26.9. The second kappa shape index (κ2) is 10.8. The van der Waals surface area contributed by atoms with Crippen molar-refractivity contribution in [3.63, 3.8) is 0 Å². The third-order valence-electron chi connectivity index (χ3n) is 7.63. The van der Waals surface area contributed by atoms with Crippen LogP contribution in [0.5, 0.6) is 0 Å². The van der Waals surface area contributed by atoms with Crippen LogP contribution in [-0.2, 0) is 6.54 Å². The lowest BCUT2D eigenvalue weighted by Gasteiger charge is -2.16. The van der Waals surface area contributed by atoms with Gasteiger partial charge >= 0.3 is 5.97 Å². The van der Waals surface area contributed by atoms with Gasteiger partial charge in [-0.1, -0.05) is 54.6 Å². The van der Waals surface area contributed by atoms with Crippen LogP contribution in [0, 0.1) is 26.6 Å². The molecule has 1 amide bonds. The largest absolute Gasteiger partial charge is 0.478 e. The molecule has 5 nitrogen and oxygen atoms in total. The highest BCUT2D eigenvalue weighted by atomic mass is 19.1. The van der Waals surface area contributed by atoms with Crippen molar-refractivity contribution in [3.8, 4) is 11.1 Å². The zero-order valence-corrected chi connectivity index (χ0v) is 23.0. The summed E-state index contributed by atoms with van der Waals surface area (Å²) >= 11 is 0. The summed E-state index contributed by atoms with van der Waals surface area (Å²) in [5.41, 5.74) is 7.90.